The molecule has 4 N–H and O–H groups in total. The maximum Gasteiger partial charge on any atom is 0.326 e. The molecule has 2 aromatic heterocycles. The van der Waals surface area contributed by atoms with Crippen molar-refractivity contribution < 1.29 is 19.1 Å². The second-order valence-electron chi connectivity index (χ2n) is 11.8. The summed E-state index contributed by atoms with van der Waals surface area (Å²) in [4.78, 5) is 48.7. The van der Waals surface area contributed by atoms with E-state index in [0.717, 1.165) is 49.4 Å². The number of fused-ring (bicyclic) bond motifs is 1. The first-order valence-corrected chi connectivity index (χ1v) is 16.4. The molecule has 4 aromatic rings. The lowest BCUT2D eigenvalue weighted by molar-refractivity contribution is -0.119. The number of carbonyl (C=O) groups is 3. The summed E-state index contributed by atoms with van der Waals surface area (Å²) in [5.41, 5.74) is 5.52. The van der Waals surface area contributed by atoms with E-state index in [1.807, 2.05) is 30.3 Å². The number of benzene rings is 2. The van der Waals surface area contributed by atoms with Crippen LogP contribution in [0.2, 0.25) is 10.0 Å². The maximum absolute atomic E-state index is 12.9. The summed E-state index contributed by atoms with van der Waals surface area (Å²) < 4.78 is 7.39. The van der Waals surface area contributed by atoms with Crippen molar-refractivity contribution in [3.05, 3.63) is 81.4 Å². The minimum atomic E-state index is -0.742. The number of hydrogen-bond acceptors (Lipinski definition) is 8. The number of anilines is 1. The molecule has 0 spiro atoms. The molecule has 4 amide bonds. The van der Waals surface area contributed by atoms with Crippen molar-refractivity contribution in [3.8, 4) is 28.3 Å². The van der Waals surface area contributed by atoms with Gasteiger partial charge in [-0.15, -0.1) is 0 Å². The predicted molar refractivity (Wildman–Crippen MR) is 184 cm³/mol. The first kappa shape index (κ1) is 33.4. The molecule has 0 unspecified atom stereocenters. The molecule has 1 atom stereocenters. The number of ether oxygens (including phenoxy) is 1. The van der Waals surface area contributed by atoms with Crippen molar-refractivity contribution in [3.63, 3.8) is 0 Å². The van der Waals surface area contributed by atoms with Crippen molar-refractivity contribution in [2.24, 2.45) is 7.05 Å². The van der Waals surface area contributed by atoms with E-state index < -0.39 is 11.9 Å². The van der Waals surface area contributed by atoms with Gasteiger partial charge in [0.1, 0.15) is 0 Å². The molecule has 0 aliphatic carbocycles. The SMILES string of the molecule is COc1nc(-c2cccc(-c3cccc(NC(=O)NC(=O)c4nc5c(n4C)CCNC5)c3Cl)c2Cl)ccc1CN1CC[C@@H](NC(C)=O)C1. The molecule has 48 heavy (non-hydrogen) atoms. The number of pyridine rings is 1. The van der Waals surface area contributed by atoms with Gasteiger partial charge in [0.2, 0.25) is 11.8 Å². The number of aromatic nitrogens is 3. The molecule has 14 heteroatoms. The lowest BCUT2D eigenvalue weighted by Crippen LogP contribution is -2.36. The third-order valence-corrected chi connectivity index (χ3v) is 9.39. The van der Waals surface area contributed by atoms with Gasteiger partial charge >= 0.3 is 6.03 Å². The van der Waals surface area contributed by atoms with Crippen LogP contribution in [0.1, 0.15) is 40.9 Å². The number of imide groups is 1. The van der Waals surface area contributed by atoms with Crippen molar-refractivity contribution in [2.45, 2.75) is 38.9 Å². The second-order valence-corrected chi connectivity index (χ2v) is 12.6. The summed E-state index contributed by atoms with van der Waals surface area (Å²) in [6.07, 6.45) is 1.64. The van der Waals surface area contributed by atoms with Crippen LogP contribution in [0.15, 0.2) is 48.5 Å². The number of methoxy groups -OCH3 is 1. The molecule has 1 fully saturated rings. The monoisotopic (exact) mass is 690 g/mol. The summed E-state index contributed by atoms with van der Waals surface area (Å²) in [7, 11) is 3.35. The number of imidazole rings is 1. The second kappa shape index (κ2) is 14.3. The molecule has 0 bridgehead atoms. The van der Waals surface area contributed by atoms with Crippen molar-refractivity contribution in [1.82, 2.24) is 35.4 Å². The molecular weight excluding hydrogens is 655 g/mol. The zero-order valence-electron chi connectivity index (χ0n) is 26.8. The predicted octanol–water partition coefficient (Wildman–Crippen LogP) is 4.78. The van der Waals surface area contributed by atoms with Gasteiger partial charge in [-0.1, -0.05) is 59.6 Å². The quantitative estimate of drug-likeness (QED) is 0.207. The summed E-state index contributed by atoms with van der Waals surface area (Å²) in [5, 5.41) is 11.9. The van der Waals surface area contributed by atoms with Crippen LogP contribution < -0.4 is 26.0 Å². The molecule has 2 aliphatic heterocycles. The van der Waals surface area contributed by atoms with Gasteiger partial charge < -0.3 is 25.3 Å². The zero-order chi connectivity index (χ0) is 33.9. The lowest BCUT2D eigenvalue weighted by Gasteiger charge is -2.18. The van der Waals surface area contributed by atoms with Crippen LogP contribution in [-0.4, -0.2) is 70.1 Å². The molecular formula is C34H36Cl2N8O4. The van der Waals surface area contributed by atoms with Gasteiger partial charge in [0.25, 0.3) is 5.91 Å². The van der Waals surface area contributed by atoms with Crippen LogP contribution in [0.5, 0.6) is 5.88 Å². The van der Waals surface area contributed by atoms with Crippen LogP contribution in [-0.2, 0) is 31.4 Å². The highest BCUT2D eigenvalue weighted by molar-refractivity contribution is 6.39. The van der Waals surface area contributed by atoms with Crippen molar-refractivity contribution in [1.29, 1.82) is 0 Å². The summed E-state index contributed by atoms with van der Waals surface area (Å²) in [5.74, 6) is 0.00974. The first-order chi connectivity index (χ1) is 23.1. The highest BCUT2D eigenvalue weighted by Crippen LogP contribution is 2.41. The number of rotatable bonds is 8. The molecule has 6 rings (SSSR count). The number of urea groups is 1. The van der Waals surface area contributed by atoms with E-state index >= 15 is 0 Å². The zero-order valence-corrected chi connectivity index (χ0v) is 28.3. The van der Waals surface area contributed by atoms with E-state index in [2.05, 4.69) is 31.2 Å². The van der Waals surface area contributed by atoms with E-state index in [4.69, 9.17) is 32.9 Å². The molecule has 0 saturated carbocycles. The number of nitrogens with zero attached hydrogens (tertiary/aromatic N) is 4. The lowest BCUT2D eigenvalue weighted by atomic mass is 10.00. The molecule has 2 aromatic carbocycles. The van der Waals surface area contributed by atoms with Gasteiger partial charge in [-0.3, -0.25) is 19.8 Å². The molecule has 1 saturated heterocycles. The largest absolute Gasteiger partial charge is 0.481 e. The Morgan fingerprint density at radius 2 is 1.77 bits per heavy atom. The fraction of sp³-hybridized carbons (Fsp3) is 0.324. The topological polar surface area (TPSA) is 143 Å². The Morgan fingerprint density at radius 3 is 2.52 bits per heavy atom. The fourth-order valence-corrected chi connectivity index (χ4v) is 6.88. The molecule has 2 aliphatic rings. The van der Waals surface area contributed by atoms with Gasteiger partial charge in [-0.2, -0.15) is 0 Å². The van der Waals surface area contributed by atoms with E-state index in [1.54, 1.807) is 36.9 Å². The van der Waals surface area contributed by atoms with Gasteiger partial charge in [0.05, 0.1) is 34.2 Å². The maximum atomic E-state index is 12.9. The highest BCUT2D eigenvalue weighted by atomic mass is 35.5. The normalized spacial score (nSPS) is 15.9. The third kappa shape index (κ3) is 7.02. The average molecular weight is 692 g/mol. The van der Waals surface area contributed by atoms with Crippen LogP contribution in [0.3, 0.4) is 0 Å². The average Bonchev–Trinajstić information content (AvgIpc) is 3.65. The Labute approximate surface area is 288 Å². The van der Waals surface area contributed by atoms with E-state index in [0.29, 0.717) is 52.1 Å². The van der Waals surface area contributed by atoms with E-state index in [-0.39, 0.29) is 22.8 Å². The number of nitrogens with one attached hydrogen (secondary N) is 4. The Hall–Kier alpha value is -4.49. The Kier molecular flexibility index (Phi) is 9.97. The number of halogens is 2. The van der Waals surface area contributed by atoms with Crippen molar-refractivity contribution >= 4 is 46.7 Å². The standard InChI is InChI=1S/C34H36Cl2N8O4/c1-19(45)38-21-13-15-44(18-21)17-20-10-11-25(40-33(20)48-3)24-8-4-6-22(29(24)35)23-7-5-9-26(30(23)36)41-34(47)42-32(46)31-39-27-16-37-14-12-28(27)43(31)2/h4-11,21,37H,12-18H2,1-3H3,(H,38,45)(H2,41,42,46,47)/t21-/m1/s1. The van der Waals surface area contributed by atoms with Gasteiger partial charge in [0.15, 0.2) is 5.82 Å². The van der Waals surface area contributed by atoms with Gasteiger partial charge in [-0.05, 0) is 18.6 Å². The molecule has 12 nitrogen and oxygen atoms in total. The summed E-state index contributed by atoms with van der Waals surface area (Å²) in [6, 6.07) is 14.0. The van der Waals surface area contributed by atoms with Gasteiger partial charge in [0, 0.05) is 87.1 Å². The van der Waals surface area contributed by atoms with E-state index in [9.17, 15) is 14.4 Å². The minimum Gasteiger partial charge on any atom is -0.481 e. The van der Waals surface area contributed by atoms with E-state index in [1.165, 1.54) is 6.92 Å². The fourth-order valence-electron chi connectivity index (χ4n) is 6.28. The number of amides is 4. The Bertz CT molecular complexity index is 1900. The molecule has 250 valence electrons. The van der Waals surface area contributed by atoms with Crippen LogP contribution in [0, 0.1) is 0 Å². The minimum absolute atomic E-state index is 0.0248. The van der Waals surface area contributed by atoms with Crippen LogP contribution in [0.4, 0.5) is 10.5 Å². The molecule has 0 radical (unpaired) electrons. The first-order valence-electron chi connectivity index (χ1n) is 15.6. The summed E-state index contributed by atoms with van der Waals surface area (Å²) in [6.45, 7) is 5.16. The molecule has 4 heterocycles. The van der Waals surface area contributed by atoms with Crippen LogP contribution >= 0.6 is 23.2 Å². The third-order valence-electron chi connectivity index (χ3n) is 8.58. The van der Waals surface area contributed by atoms with Crippen molar-refractivity contribution in [2.75, 3.05) is 32.1 Å². The van der Waals surface area contributed by atoms with Crippen LogP contribution in [0.25, 0.3) is 22.4 Å². The Morgan fingerprint density at radius 1 is 1.02 bits per heavy atom. The highest BCUT2D eigenvalue weighted by Gasteiger charge is 2.26. The Balaban J connectivity index is 1.18. The number of likely N-dealkylation sites (tertiary alicyclic amines) is 1. The van der Waals surface area contributed by atoms with Gasteiger partial charge in [-0.25, -0.2) is 14.8 Å². The number of hydrogen-bond donors (Lipinski definition) is 4. The smallest absolute Gasteiger partial charge is 0.326 e. The number of carbonyl (C=O) groups excluding carboxylic acids is 3. The summed E-state index contributed by atoms with van der Waals surface area (Å²) >= 11 is 13.8.